The van der Waals surface area contributed by atoms with Crippen molar-refractivity contribution in [2.45, 2.75) is 20.5 Å². The first-order valence-corrected chi connectivity index (χ1v) is 10.8. The van der Waals surface area contributed by atoms with E-state index in [0.29, 0.717) is 16.8 Å². The van der Waals surface area contributed by atoms with Crippen LogP contribution in [0.15, 0.2) is 60.2 Å². The highest BCUT2D eigenvalue weighted by Gasteiger charge is 2.14. The van der Waals surface area contributed by atoms with Crippen molar-refractivity contribution in [1.82, 2.24) is 0 Å². The molecule has 0 atom stereocenters. The van der Waals surface area contributed by atoms with E-state index in [2.05, 4.69) is 5.32 Å². The van der Waals surface area contributed by atoms with Crippen molar-refractivity contribution in [3.05, 3.63) is 103 Å². The Labute approximate surface area is 206 Å². The topological polar surface area (TPSA) is 105 Å². The number of carbonyl (C=O) groups is 1. The number of nitrogens with one attached hydrogen (secondary N) is 1. The van der Waals surface area contributed by atoms with Crippen molar-refractivity contribution in [3.63, 3.8) is 0 Å². The lowest BCUT2D eigenvalue weighted by Gasteiger charge is -2.11. The van der Waals surface area contributed by atoms with Crippen LogP contribution < -0.4 is 10.1 Å². The Hall–Kier alpha value is -3.86. The molecule has 3 rings (SSSR count). The summed E-state index contributed by atoms with van der Waals surface area (Å²) in [5.74, 6) is -0.339. The molecule has 1 amide bonds. The van der Waals surface area contributed by atoms with Crippen molar-refractivity contribution < 1.29 is 14.5 Å². The maximum absolute atomic E-state index is 12.6. The lowest BCUT2D eigenvalue weighted by atomic mass is 10.1. The second kappa shape index (κ2) is 10.8. The third-order valence-corrected chi connectivity index (χ3v) is 5.55. The van der Waals surface area contributed by atoms with Gasteiger partial charge in [0.05, 0.1) is 15.0 Å². The molecule has 34 heavy (non-hydrogen) atoms. The minimum absolute atomic E-state index is 0.0224. The normalized spacial score (nSPS) is 11.0. The SMILES string of the molecule is Cc1ccc(NC(=O)/C(C#N)=C/c2cc(Cl)c(OCc3ccc([N+](=O)[O-])cc3)c(Cl)c2)cc1C. The van der Waals surface area contributed by atoms with Gasteiger partial charge in [0.1, 0.15) is 18.2 Å². The Morgan fingerprint density at radius 2 is 1.74 bits per heavy atom. The van der Waals surface area contributed by atoms with Gasteiger partial charge in [-0.3, -0.25) is 14.9 Å². The average molecular weight is 496 g/mol. The molecule has 0 saturated carbocycles. The number of carbonyl (C=O) groups excluding carboxylic acids is 1. The second-order valence-electron chi connectivity index (χ2n) is 7.45. The molecule has 172 valence electrons. The summed E-state index contributed by atoms with van der Waals surface area (Å²) in [7, 11) is 0. The van der Waals surface area contributed by atoms with Crippen molar-refractivity contribution >= 4 is 46.6 Å². The molecule has 0 aromatic heterocycles. The summed E-state index contributed by atoms with van der Waals surface area (Å²) < 4.78 is 5.69. The Bertz CT molecular complexity index is 1310. The van der Waals surface area contributed by atoms with Crippen molar-refractivity contribution in [2.75, 3.05) is 5.32 Å². The molecule has 7 nitrogen and oxygen atoms in total. The number of amides is 1. The quantitative estimate of drug-likeness (QED) is 0.171. The van der Waals surface area contributed by atoms with Crippen LogP contribution in [0.25, 0.3) is 6.08 Å². The number of nitrogens with zero attached hydrogens (tertiary/aromatic N) is 2. The highest BCUT2D eigenvalue weighted by atomic mass is 35.5. The van der Waals surface area contributed by atoms with Gasteiger partial charge in [-0.05, 0) is 78.6 Å². The molecule has 0 aliphatic rings. The third-order valence-electron chi connectivity index (χ3n) is 4.99. The van der Waals surface area contributed by atoms with E-state index in [1.54, 1.807) is 18.2 Å². The van der Waals surface area contributed by atoms with Crippen LogP contribution in [0.3, 0.4) is 0 Å². The van der Waals surface area contributed by atoms with Gasteiger partial charge in [-0.15, -0.1) is 0 Å². The lowest BCUT2D eigenvalue weighted by Crippen LogP contribution is -2.13. The highest BCUT2D eigenvalue weighted by molar-refractivity contribution is 6.37. The van der Waals surface area contributed by atoms with E-state index in [-0.39, 0.29) is 33.7 Å². The van der Waals surface area contributed by atoms with E-state index in [0.717, 1.165) is 11.1 Å². The summed E-state index contributed by atoms with van der Waals surface area (Å²) in [6, 6.07) is 16.3. The molecule has 0 radical (unpaired) electrons. The summed E-state index contributed by atoms with van der Waals surface area (Å²) in [5.41, 5.74) is 3.69. The maximum atomic E-state index is 12.6. The van der Waals surface area contributed by atoms with Gasteiger partial charge in [-0.1, -0.05) is 29.3 Å². The molecular weight excluding hydrogens is 477 g/mol. The first kappa shape index (κ1) is 24.8. The molecule has 0 aliphatic heterocycles. The first-order valence-electron chi connectivity index (χ1n) is 10.0. The van der Waals surface area contributed by atoms with Gasteiger partial charge >= 0.3 is 0 Å². The summed E-state index contributed by atoms with van der Waals surface area (Å²) in [6.45, 7) is 3.99. The molecule has 0 heterocycles. The van der Waals surface area contributed by atoms with Gasteiger partial charge in [0.15, 0.2) is 5.75 Å². The van der Waals surface area contributed by atoms with Crippen molar-refractivity contribution in [2.24, 2.45) is 0 Å². The number of nitro groups is 1. The highest BCUT2D eigenvalue weighted by Crippen LogP contribution is 2.35. The number of rotatable bonds is 7. The fourth-order valence-electron chi connectivity index (χ4n) is 3.00. The third kappa shape index (κ3) is 6.13. The Morgan fingerprint density at radius 3 is 2.29 bits per heavy atom. The molecule has 1 N–H and O–H groups in total. The maximum Gasteiger partial charge on any atom is 0.269 e. The second-order valence-corrected chi connectivity index (χ2v) is 8.26. The van der Waals surface area contributed by atoms with E-state index in [1.807, 2.05) is 32.0 Å². The van der Waals surface area contributed by atoms with Gasteiger partial charge in [-0.25, -0.2) is 0 Å². The minimum atomic E-state index is -0.559. The number of hydrogen-bond donors (Lipinski definition) is 1. The molecular formula is C25H19Cl2N3O4. The number of aryl methyl sites for hydroxylation is 2. The molecule has 0 spiro atoms. The Balaban J connectivity index is 1.75. The van der Waals surface area contributed by atoms with Crippen molar-refractivity contribution in [1.29, 1.82) is 5.26 Å². The van der Waals surface area contributed by atoms with Crippen LogP contribution in [0.5, 0.6) is 5.75 Å². The molecule has 0 bridgehead atoms. The van der Waals surface area contributed by atoms with Crippen LogP contribution in [-0.4, -0.2) is 10.8 Å². The molecule has 3 aromatic carbocycles. The average Bonchev–Trinajstić information content (AvgIpc) is 2.79. The molecule has 0 saturated heterocycles. The number of anilines is 1. The number of nitro benzene ring substituents is 1. The van der Waals surface area contributed by atoms with Crippen LogP contribution in [-0.2, 0) is 11.4 Å². The van der Waals surface area contributed by atoms with Gasteiger partial charge in [0.2, 0.25) is 0 Å². The van der Waals surface area contributed by atoms with Crippen LogP contribution in [0.1, 0.15) is 22.3 Å². The predicted octanol–water partition coefficient (Wildman–Crippen LogP) is 6.64. The summed E-state index contributed by atoms with van der Waals surface area (Å²) in [5, 5.41) is 23.3. The fourth-order valence-corrected chi connectivity index (χ4v) is 3.62. The Morgan fingerprint density at radius 1 is 1.09 bits per heavy atom. The standard InChI is InChI=1S/C25H19Cl2N3O4/c1-15-3-6-20(9-16(15)2)29-25(31)19(13-28)10-18-11-22(26)24(23(27)12-18)34-14-17-4-7-21(8-5-17)30(32)33/h3-12H,14H2,1-2H3,(H,29,31)/b19-10+. The summed E-state index contributed by atoms with van der Waals surface area (Å²) >= 11 is 12.6. The summed E-state index contributed by atoms with van der Waals surface area (Å²) in [6.07, 6.45) is 1.38. The van der Waals surface area contributed by atoms with Crippen LogP contribution >= 0.6 is 23.2 Å². The van der Waals surface area contributed by atoms with Gasteiger partial charge in [0.25, 0.3) is 11.6 Å². The largest absolute Gasteiger partial charge is 0.486 e. The number of hydrogen-bond acceptors (Lipinski definition) is 5. The number of ether oxygens (including phenoxy) is 1. The van der Waals surface area contributed by atoms with Gasteiger partial charge in [-0.2, -0.15) is 5.26 Å². The molecule has 0 unspecified atom stereocenters. The number of benzene rings is 3. The fraction of sp³-hybridized carbons (Fsp3) is 0.120. The van der Waals surface area contributed by atoms with E-state index in [1.165, 1.54) is 30.3 Å². The zero-order chi connectivity index (χ0) is 24.8. The van der Waals surface area contributed by atoms with E-state index in [4.69, 9.17) is 27.9 Å². The zero-order valence-corrected chi connectivity index (χ0v) is 19.8. The molecule has 0 fully saturated rings. The van der Waals surface area contributed by atoms with Gasteiger partial charge < -0.3 is 10.1 Å². The van der Waals surface area contributed by atoms with Crippen molar-refractivity contribution in [3.8, 4) is 11.8 Å². The molecule has 0 aliphatic carbocycles. The lowest BCUT2D eigenvalue weighted by molar-refractivity contribution is -0.384. The smallest absolute Gasteiger partial charge is 0.269 e. The number of nitriles is 1. The summed E-state index contributed by atoms with van der Waals surface area (Å²) in [4.78, 5) is 22.8. The van der Waals surface area contributed by atoms with Crippen LogP contribution in [0.2, 0.25) is 10.0 Å². The predicted molar refractivity (Wildman–Crippen MR) is 132 cm³/mol. The van der Waals surface area contributed by atoms with Crippen LogP contribution in [0.4, 0.5) is 11.4 Å². The Kier molecular flexibility index (Phi) is 7.90. The molecule has 3 aromatic rings. The van der Waals surface area contributed by atoms with Gasteiger partial charge in [0, 0.05) is 17.8 Å². The van der Waals surface area contributed by atoms with E-state index < -0.39 is 10.8 Å². The number of halogens is 2. The zero-order valence-electron chi connectivity index (χ0n) is 18.3. The molecule has 9 heteroatoms. The van der Waals surface area contributed by atoms with E-state index >= 15 is 0 Å². The van der Waals surface area contributed by atoms with Crippen LogP contribution in [0, 0.1) is 35.3 Å². The van der Waals surface area contributed by atoms with E-state index in [9.17, 15) is 20.2 Å². The monoisotopic (exact) mass is 495 g/mol. The first-order chi connectivity index (χ1) is 16.2. The number of non-ortho nitro benzene ring substituents is 1. The minimum Gasteiger partial charge on any atom is -0.486 e.